The Morgan fingerprint density at radius 2 is 1.17 bits per heavy atom. The molecule has 4 atom stereocenters. The topological polar surface area (TPSA) is 160 Å². The molecule has 0 bridgehead atoms. The van der Waals surface area contributed by atoms with Gasteiger partial charge in [-0.25, -0.2) is 18.0 Å². The van der Waals surface area contributed by atoms with Crippen molar-refractivity contribution in [2.24, 2.45) is 23.7 Å². The first kappa shape index (κ1) is 38.4. The zero-order valence-corrected chi connectivity index (χ0v) is 27.8. The van der Waals surface area contributed by atoms with Crippen LogP contribution in [0.2, 0.25) is 0 Å². The van der Waals surface area contributed by atoms with Gasteiger partial charge in [-0.2, -0.15) is 0 Å². The number of ether oxygens (including phenoxy) is 1. The minimum atomic E-state index is -3.38. The fourth-order valence-corrected chi connectivity index (χ4v) is 4.39. The van der Waals surface area contributed by atoms with E-state index < -0.39 is 63.4 Å². The third-order valence-corrected chi connectivity index (χ3v) is 6.45. The number of esters is 1. The summed E-state index contributed by atoms with van der Waals surface area (Å²) >= 11 is 0. The molecule has 4 amide bonds. The maximum Gasteiger partial charge on any atom is 0.329 e. The highest BCUT2D eigenvalue weighted by molar-refractivity contribution is 7.93. The molecular formula is C29H54N4O7S. The predicted molar refractivity (Wildman–Crippen MR) is 162 cm³/mol. The Morgan fingerprint density at radius 1 is 0.732 bits per heavy atom. The van der Waals surface area contributed by atoms with Crippen molar-refractivity contribution in [3.8, 4) is 0 Å². The van der Waals surface area contributed by atoms with Crippen molar-refractivity contribution in [3.63, 3.8) is 0 Å². The molecule has 12 heteroatoms. The first-order valence-electron chi connectivity index (χ1n) is 14.3. The van der Waals surface area contributed by atoms with E-state index in [2.05, 4.69) is 21.3 Å². The van der Waals surface area contributed by atoms with Crippen molar-refractivity contribution in [2.45, 2.75) is 119 Å². The van der Waals surface area contributed by atoms with Crippen LogP contribution in [-0.4, -0.2) is 68.3 Å². The van der Waals surface area contributed by atoms with Gasteiger partial charge < -0.3 is 26.0 Å². The first-order valence-corrected chi connectivity index (χ1v) is 16.3. The molecule has 0 aliphatic heterocycles. The lowest BCUT2D eigenvalue weighted by Crippen LogP contribution is -2.59. The number of nitrogens with one attached hydrogen (secondary N) is 4. The average Bonchev–Trinajstić information content (AvgIpc) is 2.76. The monoisotopic (exact) mass is 602 g/mol. The molecule has 0 fully saturated rings. The van der Waals surface area contributed by atoms with E-state index >= 15 is 0 Å². The molecule has 0 spiro atoms. The summed E-state index contributed by atoms with van der Waals surface area (Å²) in [6, 6.07) is -4.11. The third-order valence-electron chi connectivity index (χ3n) is 5.80. The summed E-state index contributed by atoms with van der Waals surface area (Å²) in [7, 11) is -3.38. The van der Waals surface area contributed by atoms with Gasteiger partial charge in [0.2, 0.25) is 11.8 Å². The van der Waals surface area contributed by atoms with Crippen LogP contribution in [0.4, 0.5) is 4.79 Å². The van der Waals surface area contributed by atoms with Gasteiger partial charge in [-0.3, -0.25) is 9.59 Å². The normalized spacial score (nSPS) is 15.5. The number of amides is 4. The zero-order chi connectivity index (χ0) is 32.3. The molecule has 0 aliphatic carbocycles. The third kappa shape index (κ3) is 17.0. The fourth-order valence-electron chi connectivity index (χ4n) is 3.92. The summed E-state index contributed by atoms with van der Waals surface area (Å²) in [5.41, 5.74) is -0.728. The lowest BCUT2D eigenvalue weighted by Gasteiger charge is -2.29. The Bertz CT molecular complexity index is 1010. The number of sulfone groups is 1. The molecule has 0 aliphatic rings. The van der Waals surface area contributed by atoms with E-state index in [1.165, 1.54) is 6.08 Å². The van der Waals surface area contributed by atoms with E-state index in [0.29, 0.717) is 12.8 Å². The fraction of sp³-hybridized carbons (Fsp3) is 0.793. The van der Waals surface area contributed by atoms with Crippen LogP contribution >= 0.6 is 0 Å². The van der Waals surface area contributed by atoms with Gasteiger partial charge in [0.1, 0.15) is 23.7 Å². The number of rotatable bonds is 15. The number of hydrogen-bond donors (Lipinski definition) is 4. The van der Waals surface area contributed by atoms with Gasteiger partial charge in [-0.1, -0.05) is 61.5 Å². The number of carbonyl (C=O) groups excluding carboxylic acids is 4. The minimum absolute atomic E-state index is 0.0960. The van der Waals surface area contributed by atoms with Crippen LogP contribution in [0.3, 0.4) is 0 Å². The number of carbonyl (C=O) groups is 4. The number of urea groups is 1. The SMILES string of the molecule is CC(C)C[C@@H](/C=C/S(C)(=O)=O)NC(=O)[C@@H](NC(=O)N[C@H](C(=O)N[C@@H](CC(C)C)C(=O)OC(C)(C)C)C(C)C)C(C)C. The predicted octanol–water partition coefficient (Wildman–Crippen LogP) is 3.30. The van der Waals surface area contributed by atoms with Crippen LogP contribution in [0.25, 0.3) is 0 Å². The molecule has 0 aromatic rings. The molecule has 0 saturated carbocycles. The van der Waals surface area contributed by atoms with Gasteiger partial charge in [-0.05, 0) is 57.3 Å². The maximum atomic E-state index is 13.2. The second-order valence-electron chi connectivity index (χ2n) is 13.2. The quantitative estimate of drug-likeness (QED) is 0.209. The highest BCUT2D eigenvalue weighted by atomic mass is 32.2. The lowest BCUT2D eigenvalue weighted by molar-refractivity contribution is -0.159. The number of hydrogen-bond acceptors (Lipinski definition) is 7. The summed E-state index contributed by atoms with van der Waals surface area (Å²) < 4.78 is 28.7. The molecule has 0 aromatic carbocycles. The standard InChI is InChI=1S/C29H54N4O7S/c1-17(2)15-21(13-14-41(12,38)39)30-25(34)23(19(5)6)32-28(37)33-24(20(7)8)26(35)31-22(16-18(3)4)27(36)40-29(9,10)11/h13-14,17-24H,15-16H2,1-12H3,(H,30,34)(H,31,35)(H2,32,33,37)/b14-13+/t21-,22+,23+,24+/m1/s1. The summed E-state index contributed by atoms with van der Waals surface area (Å²) in [4.78, 5) is 52.2. The van der Waals surface area contributed by atoms with E-state index in [9.17, 15) is 27.6 Å². The molecule has 11 nitrogen and oxygen atoms in total. The summed E-state index contributed by atoms with van der Waals surface area (Å²) in [6.07, 6.45) is 3.36. The Balaban J connectivity index is 5.69. The second kappa shape index (κ2) is 16.7. The van der Waals surface area contributed by atoms with Gasteiger partial charge >= 0.3 is 12.0 Å². The first-order chi connectivity index (χ1) is 18.5. The Kier molecular flexibility index (Phi) is 15.6. The second-order valence-corrected chi connectivity index (χ2v) is 15.1. The molecular weight excluding hydrogens is 548 g/mol. The van der Waals surface area contributed by atoms with Gasteiger partial charge in [0, 0.05) is 17.7 Å². The van der Waals surface area contributed by atoms with E-state index in [4.69, 9.17) is 4.74 Å². The van der Waals surface area contributed by atoms with E-state index in [1.54, 1.807) is 48.5 Å². The summed E-state index contributed by atoms with van der Waals surface area (Å²) in [6.45, 7) is 20.0. The molecule has 0 saturated heterocycles. The largest absolute Gasteiger partial charge is 0.458 e. The van der Waals surface area contributed by atoms with E-state index in [1.807, 2.05) is 27.7 Å². The molecule has 41 heavy (non-hydrogen) atoms. The van der Waals surface area contributed by atoms with E-state index in [0.717, 1.165) is 11.7 Å². The van der Waals surface area contributed by atoms with E-state index in [-0.39, 0.29) is 23.7 Å². The highest BCUT2D eigenvalue weighted by Gasteiger charge is 2.33. The maximum absolute atomic E-state index is 13.2. The average molecular weight is 603 g/mol. The van der Waals surface area contributed by atoms with Gasteiger partial charge in [0.15, 0.2) is 9.84 Å². The van der Waals surface area contributed by atoms with Crippen LogP contribution in [0.1, 0.15) is 89.0 Å². The van der Waals surface area contributed by atoms with Crippen molar-refractivity contribution in [2.75, 3.05) is 6.26 Å². The molecule has 238 valence electrons. The molecule has 0 heterocycles. The Labute approximate surface area is 247 Å². The molecule has 0 aromatic heterocycles. The van der Waals surface area contributed by atoms with Crippen LogP contribution in [0.5, 0.6) is 0 Å². The van der Waals surface area contributed by atoms with Crippen molar-refractivity contribution >= 4 is 33.7 Å². The Morgan fingerprint density at radius 3 is 1.54 bits per heavy atom. The molecule has 0 unspecified atom stereocenters. The van der Waals surface area contributed by atoms with Crippen molar-refractivity contribution in [1.29, 1.82) is 0 Å². The summed E-state index contributed by atoms with van der Waals surface area (Å²) in [5.74, 6) is -1.95. The molecule has 0 rings (SSSR count). The zero-order valence-electron chi connectivity index (χ0n) is 27.0. The lowest BCUT2D eigenvalue weighted by atomic mass is 9.99. The van der Waals surface area contributed by atoms with Crippen LogP contribution < -0.4 is 21.3 Å². The van der Waals surface area contributed by atoms with Crippen molar-refractivity contribution < 1.29 is 32.3 Å². The smallest absolute Gasteiger partial charge is 0.329 e. The molecule has 4 N–H and O–H groups in total. The van der Waals surface area contributed by atoms with Gasteiger partial charge in [0.05, 0.1) is 0 Å². The highest BCUT2D eigenvalue weighted by Crippen LogP contribution is 2.14. The van der Waals surface area contributed by atoms with Gasteiger partial charge in [0.25, 0.3) is 0 Å². The van der Waals surface area contributed by atoms with Crippen LogP contribution in [0.15, 0.2) is 11.5 Å². The summed E-state index contributed by atoms with van der Waals surface area (Å²) in [5, 5.41) is 11.9. The van der Waals surface area contributed by atoms with Gasteiger partial charge in [-0.15, -0.1) is 0 Å². The van der Waals surface area contributed by atoms with Crippen molar-refractivity contribution in [1.82, 2.24) is 21.3 Å². The molecule has 0 radical (unpaired) electrons. The van der Waals surface area contributed by atoms with Crippen molar-refractivity contribution in [3.05, 3.63) is 11.5 Å². The van der Waals surface area contributed by atoms with Crippen LogP contribution in [0, 0.1) is 23.7 Å². The van der Waals surface area contributed by atoms with Crippen LogP contribution in [-0.2, 0) is 29.0 Å². The Hall–Kier alpha value is -2.63. The minimum Gasteiger partial charge on any atom is -0.458 e.